The van der Waals surface area contributed by atoms with Gasteiger partial charge in [0.05, 0.1) is 16.0 Å². The molecule has 1 saturated heterocycles. The second-order valence-corrected chi connectivity index (χ2v) is 8.58. The topological polar surface area (TPSA) is 93.3 Å². The molecule has 1 fully saturated rings. The number of fused-ring (bicyclic) bond motifs is 1. The van der Waals surface area contributed by atoms with E-state index < -0.39 is 4.92 Å². The normalized spacial score (nSPS) is 13.9. The van der Waals surface area contributed by atoms with Crippen LogP contribution in [0.4, 0.5) is 11.4 Å². The van der Waals surface area contributed by atoms with Crippen LogP contribution in [-0.4, -0.2) is 40.9 Å². The molecule has 172 valence electrons. The van der Waals surface area contributed by atoms with Crippen molar-refractivity contribution >= 4 is 22.1 Å². The number of nitrogens with zero attached hydrogens (tertiary/aromatic N) is 4. The predicted octanol–water partition coefficient (Wildman–Crippen LogP) is 3.99. The molecule has 0 unspecified atom stereocenters. The molecule has 34 heavy (non-hydrogen) atoms. The summed E-state index contributed by atoms with van der Waals surface area (Å²) in [6.07, 6.45) is 0. The molecule has 1 aromatic heterocycles. The molecule has 8 nitrogen and oxygen atoms in total. The zero-order chi connectivity index (χ0) is 23.8. The maximum absolute atomic E-state index is 13.6. The zero-order valence-electron chi connectivity index (χ0n) is 19.1. The van der Waals surface area contributed by atoms with Gasteiger partial charge in [0.1, 0.15) is 5.69 Å². The number of benzene rings is 3. The molecule has 0 saturated carbocycles. The van der Waals surface area contributed by atoms with Crippen LogP contribution in [0.1, 0.15) is 11.1 Å². The molecule has 0 bridgehead atoms. The monoisotopic (exact) mass is 455 g/mol. The summed E-state index contributed by atoms with van der Waals surface area (Å²) in [5, 5.41) is 21.1. The molecule has 2 heterocycles. The minimum absolute atomic E-state index is 0.158. The summed E-state index contributed by atoms with van der Waals surface area (Å²) in [6.45, 7) is 7.29. The largest absolute Gasteiger partial charge is 0.369 e. The molecule has 1 aliphatic heterocycles. The van der Waals surface area contributed by atoms with Crippen LogP contribution in [0, 0.1) is 24.0 Å². The molecular weight excluding hydrogens is 430 g/mol. The van der Waals surface area contributed by atoms with Crippen molar-refractivity contribution in [3.63, 3.8) is 0 Å². The first kappa shape index (κ1) is 21.8. The molecular formula is C26H25N5O3. The second-order valence-electron chi connectivity index (χ2n) is 8.58. The van der Waals surface area contributed by atoms with Crippen molar-refractivity contribution in [2.24, 2.45) is 0 Å². The van der Waals surface area contributed by atoms with Crippen LogP contribution in [-0.2, 0) is 0 Å². The van der Waals surface area contributed by atoms with Crippen LogP contribution < -0.4 is 15.8 Å². The van der Waals surface area contributed by atoms with E-state index in [0.717, 1.165) is 48.6 Å². The lowest BCUT2D eigenvalue weighted by Gasteiger charge is -2.29. The van der Waals surface area contributed by atoms with Crippen molar-refractivity contribution in [2.75, 3.05) is 31.1 Å². The van der Waals surface area contributed by atoms with E-state index >= 15 is 0 Å². The SMILES string of the molecule is Cc1ccc(-c2nn(-c3cc(N4CCNCC4)ccc3[N+](=O)[O-])c(=O)c3ccccc23)cc1C. The van der Waals surface area contributed by atoms with Gasteiger partial charge in [0, 0.05) is 48.9 Å². The van der Waals surface area contributed by atoms with Crippen molar-refractivity contribution in [1.82, 2.24) is 15.1 Å². The van der Waals surface area contributed by atoms with Crippen molar-refractivity contribution in [3.05, 3.63) is 92.3 Å². The van der Waals surface area contributed by atoms with Crippen molar-refractivity contribution in [1.29, 1.82) is 0 Å². The highest BCUT2D eigenvalue weighted by molar-refractivity contribution is 5.94. The van der Waals surface area contributed by atoms with E-state index in [2.05, 4.69) is 10.2 Å². The lowest BCUT2D eigenvalue weighted by molar-refractivity contribution is -0.384. The highest BCUT2D eigenvalue weighted by atomic mass is 16.6. The van der Waals surface area contributed by atoms with Crippen LogP contribution >= 0.6 is 0 Å². The van der Waals surface area contributed by atoms with Gasteiger partial charge in [0.2, 0.25) is 0 Å². The van der Waals surface area contributed by atoms with Gasteiger partial charge >= 0.3 is 0 Å². The number of nitrogens with one attached hydrogen (secondary N) is 1. The summed E-state index contributed by atoms with van der Waals surface area (Å²) in [5.41, 5.74) is 4.18. The summed E-state index contributed by atoms with van der Waals surface area (Å²) in [7, 11) is 0. The van der Waals surface area contributed by atoms with Gasteiger partial charge in [0.15, 0.2) is 0 Å². The number of nitro benzene ring substituents is 1. The Morgan fingerprint density at radius 1 is 0.941 bits per heavy atom. The Morgan fingerprint density at radius 3 is 2.38 bits per heavy atom. The predicted molar refractivity (Wildman–Crippen MR) is 134 cm³/mol. The molecule has 0 amide bonds. The van der Waals surface area contributed by atoms with Gasteiger partial charge < -0.3 is 10.2 Å². The fraction of sp³-hybridized carbons (Fsp3) is 0.231. The first-order valence-electron chi connectivity index (χ1n) is 11.3. The van der Waals surface area contributed by atoms with Crippen molar-refractivity contribution < 1.29 is 4.92 Å². The van der Waals surface area contributed by atoms with Crippen molar-refractivity contribution in [2.45, 2.75) is 13.8 Å². The molecule has 0 spiro atoms. The summed E-state index contributed by atoms with van der Waals surface area (Å²) < 4.78 is 1.19. The maximum Gasteiger partial charge on any atom is 0.295 e. The average Bonchev–Trinajstić information content (AvgIpc) is 2.86. The summed E-state index contributed by atoms with van der Waals surface area (Å²) in [6, 6.07) is 18.2. The second kappa shape index (κ2) is 8.72. The molecule has 0 atom stereocenters. The van der Waals surface area contributed by atoms with E-state index in [-0.39, 0.29) is 16.9 Å². The van der Waals surface area contributed by atoms with E-state index in [1.807, 2.05) is 44.2 Å². The zero-order valence-corrected chi connectivity index (χ0v) is 19.1. The van der Waals surface area contributed by atoms with Gasteiger partial charge in [0.25, 0.3) is 11.2 Å². The third-order valence-corrected chi connectivity index (χ3v) is 6.45. The lowest BCUT2D eigenvalue weighted by Crippen LogP contribution is -2.43. The molecule has 8 heteroatoms. The highest BCUT2D eigenvalue weighted by Gasteiger charge is 2.23. The summed E-state index contributed by atoms with van der Waals surface area (Å²) in [5.74, 6) is 0. The number of nitro groups is 1. The quantitative estimate of drug-likeness (QED) is 0.370. The van der Waals surface area contributed by atoms with Crippen LogP contribution in [0.2, 0.25) is 0 Å². The average molecular weight is 456 g/mol. The minimum Gasteiger partial charge on any atom is -0.369 e. The molecule has 3 aromatic carbocycles. The maximum atomic E-state index is 13.6. The molecule has 1 N–H and O–H groups in total. The van der Waals surface area contributed by atoms with Gasteiger partial charge in [-0.1, -0.05) is 30.3 Å². The van der Waals surface area contributed by atoms with E-state index in [1.165, 1.54) is 10.7 Å². The van der Waals surface area contributed by atoms with Gasteiger partial charge in [-0.05, 0) is 49.2 Å². The van der Waals surface area contributed by atoms with E-state index in [4.69, 9.17) is 5.10 Å². The number of anilines is 1. The summed E-state index contributed by atoms with van der Waals surface area (Å²) >= 11 is 0. The Bertz CT molecular complexity index is 1470. The number of aromatic nitrogens is 2. The van der Waals surface area contributed by atoms with Gasteiger partial charge in [-0.25, -0.2) is 0 Å². The third-order valence-electron chi connectivity index (χ3n) is 6.45. The molecule has 0 radical (unpaired) electrons. The Kier molecular flexibility index (Phi) is 5.59. The number of piperazine rings is 1. The Labute approximate surface area is 196 Å². The number of hydrogen-bond acceptors (Lipinski definition) is 6. The first-order valence-corrected chi connectivity index (χ1v) is 11.3. The molecule has 5 rings (SSSR count). The van der Waals surface area contributed by atoms with Crippen molar-refractivity contribution in [3.8, 4) is 16.9 Å². The first-order chi connectivity index (χ1) is 16.4. The minimum atomic E-state index is -0.462. The lowest BCUT2D eigenvalue weighted by atomic mass is 10.0. The Hall–Kier alpha value is -4.04. The van der Waals surface area contributed by atoms with Crippen LogP contribution in [0.5, 0.6) is 0 Å². The van der Waals surface area contributed by atoms with Gasteiger partial charge in [-0.3, -0.25) is 14.9 Å². The number of hydrogen-bond donors (Lipinski definition) is 1. The smallest absolute Gasteiger partial charge is 0.295 e. The third kappa shape index (κ3) is 3.82. The highest BCUT2D eigenvalue weighted by Crippen LogP contribution is 2.31. The molecule has 0 aliphatic carbocycles. The van der Waals surface area contributed by atoms with Crippen LogP contribution in [0.15, 0.2) is 65.5 Å². The fourth-order valence-electron chi connectivity index (χ4n) is 4.41. The Balaban J connectivity index is 1.78. The van der Waals surface area contributed by atoms with Crippen LogP contribution in [0.3, 0.4) is 0 Å². The van der Waals surface area contributed by atoms with E-state index in [1.54, 1.807) is 24.3 Å². The summed E-state index contributed by atoms with van der Waals surface area (Å²) in [4.78, 5) is 27.2. The fourth-order valence-corrected chi connectivity index (χ4v) is 4.41. The molecule has 4 aromatic rings. The number of aryl methyl sites for hydroxylation is 2. The Morgan fingerprint density at radius 2 is 1.68 bits per heavy atom. The van der Waals surface area contributed by atoms with Gasteiger partial charge in [-0.2, -0.15) is 9.78 Å². The standard InChI is InChI=1S/C26H25N5O3/c1-17-7-8-19(15-18(17)2)25-21-5-3-4-6-22(21)26(32)30(28-25)24-16-20(9-10-23(24)31(33)34)29-13-11-27-12-14-29/h3-10,15-16,27H,11-14H2,1-2H3. The molecule has 1 aliphatic rings. The van der Waals surface area contributed by atoms with E-state index in [0.29, 0.717) is 16.5 Å². The van der Waals surface area contributed by atoms with Crippen LogP contribution in [0.25, 0.3) is 27.7 Å². The van der Waals surface area contributed by atoms with E-state index in [9.17, 15) is 14.9 Å². The number of rotatable bonds is 4. The van der Waals surface area contributed by atoms with Gasteiger partial charge in [-0.15, -0.1) is 0 Å².